The van der Waals surface area contributed by atoms with Crippen LogP contribution in [0.4, 0.5) is 0 Å². The molecule has 22 heteroatoms. The number of carboxylic acid groups (broad SMARTS) is 1. The zero-order valence-corrected chi connectivity index (χ0v) is 28.0. The molecule has 0 heterocycles. The van der Waals surface area contributed by atoms with Crippen LogP contribution < -0.4 is 60.6 Å². The largest absolute Gasteiger partial charge is 0.480 e. The Bertz CT molecular complexity index is 1220. The van der Waals surface area contributed by atoms with Crippen molar-refractivity contribution in [3.8, 4) is 0 Å². The Kier molecular flexibility index (Phi) is 19.9. The number of hydrogen-bond acceptors (Lipinski definition) is 11. The molecule has 0 aromatic rings. The maximum Gasteiger partial charge on any atom is 0.326 e. The summed E-state index contributed by atoms with van der Waals surface area (Å²) in [4.78, 5) is 94.9. The lowest BCUT2D eigenvalue weighted by Crippen LogP contribution is -2.59. The van der Waals surface area contributed by atoms with Gasteiger partial charge in [0.1, 0.15) is 36.3 Å². The van der Waals surface area contributed by atoms with E-state index in [-0.39, 0.29) is 50.7 Å². The number of amides is 6. The van der Waals surface area contributed by atoms with Crippen LogP contribution in [-0.4, -0.2) is 126 Å². The summed E-state index contributed by atoms with van der Waals surface area (Å²) in [5, 5.41) is 33.3. The summed E-state index contributed by atoms with van der Waals surface area (Å²) in [6.07, 6.45) is 0.447. The molecule has 0 spiro atoms. The van der Waals surface area contributed by atoms with Crippen molar-refractivity contribution < 1.29 is 43.8 Å². The van der Waals surface area contributed by atoms with Crippen LogP contribution in [0.3, 0.4) is 0 Å². The molecular formula is C27H51N13O9. The van der Waals surface area contributed by atoms with Crippen LogP contribution >= 0.6 is 0 Å². The Balaban J connectivity index is 5.38. The molecule has 0 rings (SSSR count). The summed E-state index contributed by atoms with van der Waals surface area (Å²) in [5.74, 6) is -6.55. The third-order valence-electron chi connectivity index (χ3n) is 6.62. The minimum absolute atomic E-state index is 0.00318. The molecule has 18 N–H and O–H groups in total. The first-order valence-electron chi connectivity index (χ1n) is 15.3. The number of carbonyl (C=O) groups is 7. The van der Waals surface area contributed by atoms with Gasteiger partial charge in [0.15, 0.2) is 11.9 Å². The molecule has 6 amide bonds. The molecule has 0 saturated carbocycles. The van der Waals surface area contributed by atoms with E-state index in [0.717, 1.165) is 0 Å². The number of carbonyl (C=O) groups excluding carboxylic acids is 6. The highest BCUT2D eigenvalue weighted by atomic mass is 16.4. The summed E-state index contributed by atoms with van der Waals surface area (Å²) >= 11 is 0. The molecule has 0 aliphatic heterocycles. The van der Waals surface area contributed by atoms with Crippen LogP contribution in [0.25, 0.3) is 0 Å². The first-order valence-corrected chi connectivity index (χ1v) is 15.3. The molecule has 0 radical (unpaired) electrons. The molecule has 0 aromatic heterocycles. The number of hydrogen-bond donors (Lipinski definition) is 13. The minimum atomic E-state index is -1.58. The number of guanidine groups is 2. The maximum atomic E-state index is 13.1. The van der Waals surface area contributed by atoms with Crippen LogP contribution in [0.15, 0.2) is 9.98 Å². The third kappa shape index (κ3) is 18.0. The van der Waals surface area contributed by atoms with Crippen molar-refractivity contribution in [2.45, 2.75) is 95.7 Å². The molecule has 0 aromatic carbocycles. The predicted molar refractivity (Wildman–Crippen MR) is 177 cm³/mol. The maximum absolute atomic E-state index is 13.1. The molecular weight excluding hydrogens is 650 g/mol. The summed E-state index contributed by atoms with van der Waals surface area (Å²) in [6, 6.07) is -8.62. The zero-order valence-electron chi connectivity index (χ0n) is 28.0. The number of rotatable bonds is 22. The summed E-state index contributed by atoms with van der Waals surface area (Å²) in [5.41, 5.74) is 26.6. The highest BCUT2D eigenvalue weighted by molar-refractivity contribution is 5.96. The SMILES string of the molecule is C[C@H](N)C(=O)N[C@@H](C)C(=O)N[C@@H](CCCN=C(N)N)C(=O)N[C@@H](CO)C(=O)N[C@@H](C)C(=O)N[C@@H](C)C(=O)N[C@@H](CCCN=C(N)N)C(=O)O. The van der Waals surface area contributed by atoms with Gasteiger partial charge >= 0.3 is 5.97 Å². The quantitative estimate of drug-likeness (QED) is 0.0284. The molecule has 7 atom stereocenters. The topological polar surface area (TPSA) is 387 Å². The highest BCUT2D eigenvalue weighted by Gasteiger charge is 2.30. The van der Waals surface area contributed by atoms with E-state index in [1.165, 1.54) is 27.7 Å². The fourth-order valence-corrected chi connectivity index (χ4v) is 3.79. The van der Waals surface area contributed by atoms with Gasteiger partial charge in [0.25, 0.3) is 0 Å². The average Bonchev–Trinajstić information content (AvgIpc) is 3.01. The van der Waals surface area contributed by atoms with E-state index in [4.69, 9.17) is 28.7 Å². The van der Waals surface area contributed by atoms with Crippen LogP contribution in [0.2, 0.25) is 0 Å². The smallest absolute Gasteiger partial charge is 0.326 e. The Morgan fingerprint density at radius 3 is 1.31 bits per heavy atom. The lowest BCUT2D eigenvalue weighted by Gasteiger charge is -2.25. The Labute approximate surface area is 283 Å². The van der Waals surface area contributed by atoms with Crippen molar-refractivity contribution in [3.05, 3.63) is 0 Å². The number of nitrogens with two attached hydrogens (primary N) is 5. The van der Waals surface area contributed by atoms with Gasteiger partial charge < -0.3 is 70.8 Å². The van der Waals surface area contributed by atoms with Gasteiger partial charge in [-0.3, -0.25) is 38.8 Å². The van der Waals surface area contributed by atoms with E-state index >= 15 is 0 Å². The molecule has 0 unspecified atom stereocenters. The van der Waals surface area contributed by atoms with Crippen LogP contribution in [0, 0.1) is 0 Å². The van der Waals surface area contributed by atoms with Crippen molar-refractivity contribution in [1.29, 1.82) is 0 Å². The van der Waals surface area contributed by atoms with Crippen LogP contribution in [-0.2, 0) is 33.6 Å². The van der Waals surface area contributed by atoms with E-state index in [9.17, 15) is 43.8 Å². The van der Waals surface area contributed by atoms with Crippen molar-refractivity contribution >= 4 is 53.3 Å². The van der Waals surface area contributed by atoms with Gasteiger partial charge in [-0.15, -0.1) is 0 Å². The number of aliphatic hydroxyl groups is 1. The van der Waals surface area contributed by atoms with E-state index < -0.39 is 90.3 Å². The van der Waals surface area contributed by atoms with Crippen molar-refractivity contribution in [3.63, 3.8) is 0 Å². The van der Waals surface area contributed by atoms with Crippen molar-refractivity contribution in [2.24, 2.45) is 38.7 Å². The van der Waals surface area contributed by atoms with Crippen molar-refractivity contribution in [1.82, 2.24) is 31.9 Å². The average molecular weight is 702 g/mol. The van der Waals surface area contributed by atoms with Gasteiger partial charge in [-0.1, -0.05) is 0 Å². The van der Waals surface area contributed by atoms with E-state index in [0.29, 0.717) is 0 Å². The summed E-state index contributed by atoms with van der Waals surface area (Å²) in [7, 11) is 0. The number of carboxylic acids is 1. The van der Waals surface area contributed by atoms with Gasteiger partial charge in [0.05, 0.1) is 12.6 Å². The number of aliphatic carboxylic acids is 1. The number of aliphatic imine (C=N–C) groups is 2. The molecule has 22 nitrogen and oxygen atoms in total. The van der Waals surface area contributed by atoms with E-state index in [1.54, 1.807) is 0 Å². The summed E-state index contributed by atoms with van der Waals surface area (Å²) < 4.78 is 0. The van der Waals surface area contributed by atoms with E-state index in [1.807, 2.05) is 0 Å². The third-order valence-corrected chi connectivity index (χ3v) is 6.62. The van der Waals surface area contributed by atoms with Crippen LogP contribution in [0.5, 0.6) is 0 Å². The van der Waals surface area contributed by atoms with Crippen molar-refractivity contribution in [2.75, 3.05) is 19.7 Å². The van der Waals surface area contributed by atoms with Gasteiger partial charge in [-0.25, -0.2) is 4.79 Å². The Hall–Kier alpha value is -5.25. The molecule has 0 bridgehead atoms. The minimum Gasteiger partial charge on any atom is -0.480 e. The van der Waals surface area contributed by atoms with Gasteiger partial charge in [0, 0.05) is 13.1 Å². The number of nitrogens with one attached hydrogen (secondary N) is 6. The molecule has 49 heavy (non-hydrogen) atoms. The second kappa shape index (κ2) is 22.3. The zero-order chi connectivity index (χ0) is 37.8. The fraction of sp³-hybridized carbons (Fsp3) is 0.667. The lowest BCUT2D eigenvalue weighted by atomic mass is 10.1. The second-order valence-corrected chi connectivity index (χ2v) is 11.1. The first-order chi connectivity index (χ1) is 22.8. The second-order valence-electron chi connectivity index (χ2n) is 11.1. The monoisotopic (exact) mass is 701 g/mol. The lowest BCUT2D eigenvalue weighted by molar-refractivity contribution is -0.142. The molecule has 0 aliphatic carbocycles. The predicted octanol–water partition coefficient (Wildman–Crippen LogP) is -6.51. The standard InChI is InChI=1S/C27H51N13O9/c1-12(28)19(42)35-14(3)21(44)38-16(7-5-9-33-26(29)30)23(46)40-18(11-41)24(47)37-13(2)20(43)36-15(4)22(45)39-17(25(48)49)8-6-10-34-27(31)32/h12-18,41H,5-11,28H2,1-4H3,(H,35,42)(H,36,43)(H,37,47)(H,38,44)(H,39,45)(H,40,46)(H,48,49)(H4,29,30,33)(H4,31,32,34)/t12-,13-,14-,15-,16-,17-,18-/m0/s1. The van der Waals surface area contributed by atoms with Gasteiger partial charge in [-0.2, -0.15) is 0 Å². The normalized spacial score (nSPS) is 14.9. The first kappa shape index (κ1) is 43.8. The molecule has 0 fully saturated rings. The fourth-order valence-electron chi connectivity index (χ4n) is 3.79. The van der Waals surface area contributed by atoms with E-state index in [2.05, 4.69) is 41.9 Å². The van der Waals surface area contributed by atoms with Gasteiger partial charge in [-0.05, 0) is 53.4 Å². The number of nitrogens with zero attached hydrogens (tertiary/aromatic N) is 2. The number of aliphatic hydroxyl groups excluding tert-OH is 1. The molecule has 278 valence electrons. The van der Waals surface area contributed by atoms with Crippen LogP contribution in [0.1, 0.15) is 53.4 Å². The Morgan fingerprint density at radius 1 is 0.551 bits per heavy atom. The highest BCUT2D eigenvalue weighted by Crippen LogP contribution is 2.03. The molecule has 0 saturated heterocycles. The molecule has 0 aliphatic rings. The Morgan fingerprint density at radius 2 is 0.898 bits per heavy atom. The van der Waals surface area contributed by atoms with Gasteiger partial charge in [0.2, 0.25) is 35.4 Å². The summed E-state index contributed by atoms with van der Waals surface area (Å²) in [6.45, 7) is 4.68.